The van der Waals surface area contributed by atoms with E-state index in [1.165, 1.54) is 17.0 Å². The molecule has 0 spiro atoms. The number of H-pyrrole nitrogens is 1. The van der Waals surface area contributed by atoms with E-state index < -0.39 is 0 Å². The number of amides is 1. The molecule has 0 aliphatic heterocycles. The second-order valence-corrected chi connectivity index (χ2v) is 4.87. The zero-order chi connectivity index (χ0) is 12.3. The summed E-state index contributed by atoms with van der Waals surface area (Å²) in [6.07, 6.45) is 0. The van der Waals surface area contributed by atoms with E-state index in [0.29, 0.717) is 6.54 Å². The molecule has 2 N–H and O–H groups in total. The monoisotopic (exact) mass is 249 g/mol. The van der Waals surface area contributed by atoms with Crippen molar-refractivity contribution in [1.29, 1.82) is 0 Å². The van der Waals surface area contributed by atoms with E-state index in [9.17, 15) is 9.59 Å². The maximum absolute atomic E-state index is 11.6. The van der Waals surface area contributed by atoms with Crippen LogP contribution >= 0.6 is 11.3 Å². The molecule has 0 fully saturated rings. The molecule has 1 amide bonds. The van der Waals surface area contributed by atoms with E-state index in [4.69, 9.17) is 0 Å². The highest BCUT2D eigenvalue weighted by atomic mass is 32.1. The molecular formula is C11H11N3O2S. The molecule has 0 radical (unpaired) electrons. The largest absolute Gasteiger partial charge is 0.346 e. The van der Waals surface area contributed by atoms with Crippen LogP contribution in [0.3, 0.4) is 0 Å². The van der Waals surface area contributed by atoms with Crippen LogP contribution in [0.15, 0.2) is 29.1 Å². The van der Waals surface area contributed by atoms with Gasteiger partial charge < -0.3 is 5.32 Å². The van der Waals surface area contributed by atoms with Gasteiger partial charge >= 0.3 is 0 Å². The Kier molecular flexibility index (Phi) is 3.34. The average Bonchev–Trinajstić information content (AvgIpc) is 2.73. The van der Waals surface area contributed by atoms with Gasteiger partial charge in [0.25, 0.3) is 11.5 Å². The standard InChI is InChI=1S/C11H11N3O2S/c1-7-2-3-8(17-7)6-12-11(16)9-4-5-10(15)14-13-9/h2-5H,6H2,1H3,(H,12,16)(H,14,15). The lowest BCUT2D eigenvalue weighted by Crippen LogP contribution is -2.24. The van der Waals surface area contributed by atoms with Crippen molar-refractivity contribution in [2.45, 2.75) is 13.5 Å². The first-order valence-electron chi connectivity index (χ1n) is 5.04. The number of aromatic nitrogens is 2. The van der Waals surface area contributed by atoms with Crippen molar-refractivity contribution in [3.05, 3.63) is 50.1 Å². The highest BCUT2D eigenvalue weighted by Gasteiger charge is 2.07. The van der Waals surface area contributed by atoms with Crippen LogP contribution < -0.4 is 10.9 Å². The first-order valence-corrected chi connectivity index (χ1v) is 5.86. The minimum atomic E-state index is -0.324. The van der Waals surface area contributed by atoms with Gasteiger partial charge in [0.1, 0.15) is 5.69 Å². The topological polar surface area (TPSA) is 74.8 Å². The fourth-order valence-corrected chi connectivity index (χ4v) is 2.14. The van der Waals surface area contributed by atoms with Gasteiger partial charge in [0.2, 0.25) is 0 Å². The lowest BCUT2D eigenvalue weighted by molar-refractivity contribution is 0.0945. The number of thiophene rings is 1. The van der Waals surface area contributed by atoms with Gasteiger partial charge in [-0.15, -0.1) is 11.3 Å². The smallest absolute Gasteiger partial charge is 0.272 e. The van der Waals surface area contributed by atoms with E-state index in [2.05, 4.69) is 15.5 Å². The van der Waals surface area contributed by atoms with Crippen LogP contribution in [-0.4, -0.2) is 16.1 Å². The highest BCUT2D eigenvalue weighted by Crippen LogP contribution is 2.14. The fraction of sp³-hybridized carbons (Fsp3) is 0.182. The van der Waals surface area contributed by atoms with E-state index in [-0.39, 0.29) is 17.2 Å². The first-order chi connectivity index (χ1) is 8.15. The Morgan fingerprint density at radius 2 is 2.24 bits per heavy atom. The van der Waals surface area contributed by atoms with Crippen LogP contribution in [0.5, 0.6) is 0 Å². The Hall–Kier alpha value is -1.95. The molecule has 0 aliphatic carbocycles. The Labute approximate surface area is 102 Å². The summed E-state index contributed by atoms with van der Waals surface area (Å²) in [5.74, 6) is -0.299. The van der Waals surface area contributed by atoms with Crippen molar-refractivity contribution in [3.8, 4) is 0 Å². The van der Waals surface area contributed by atoms with Crippen molar-refractivity contribution < 1.29 is 4.79 Å². The summed E-state index contributed by atoms with van der Waals surface area (Å²) in [5.41, 5.74) is -0.117. The summed E-state index contributed by atoms with van der Waals surface area (Å²) in [6, 6.07) is 6.65. The van der Waals surface area contributed by atoms with Crippen LogP contribution in [0, 0.1) is 6.92 Å². The molecule has 5 nitrogen and oxygen atoms in total. The highest BCUT2D eigenvalue weighted by molar-refractivity contribution is 7.11. The van der Waals surface area contributed by atoms with Crippen molar-refractivity contribution in [1.82, 2.24) is 15.5 Å². The molecule has 2 aromatic heterocycles. The van der Waals surface area contributed by atoms with Crippen LogP contribution in [-0.2, 0) is 6.54 Å². The number of aryl methyl sites for hydroxylation is 1. The van der Waals surface area contributed by atoms with Crippen LogP contribution in [0.2, 0.25) is 0 Å². The molecule has 2 rings (SSSR count). The third-order valence-electron chi connectivity index (χ3n) is 2.13. The normalized spacial score (nSPS) is 10.2. The third-order valence-corrected chi connectivity index (χ3v) is 3.13. The van der Waals surface area contributed by atoms with Gasteiger partial charge in [0, 0.05) is 15.8 Å². The number of rotatable bonds is 3. The Morgan fingerprint density at radius 3 is 2.82 bits per heavy atom. The quantitative estimate of drug-likeness (QED) is 0.854. The maximum Gasteiger partial charge on any atom is 0.272 e. The third kappa shape index (κ3) is 3.01. The van der Waals surface area contributed by atoms with Crippen LogP contribution in [0.25, 0.3) is 0 Å². The zero-order valence-electron chi connectivity index (χ0n) is 9.19. The number of nitrogens with one attached hydrogen (secondary N) is 2. The molecule has 2 heterocycles. The second kappa shape index (κ2) is 4.92. The lowest BCUT2D eigenvalue weighted by Gasteiger charge is -2.01. The number of hydrogen-bond donors (Lipinski definition) is 2. The van der Waals surface area contributed by atoms with Crippen LogP contribution in [0.4, 0.5) is 0 Å². The van der Waals surface area contributed by atoms with Gasteiger partial charge in [-0.2, -0.15) is 5.10 Å². The van der Waals surface area contributed by atoms with E-state index in [0.717, 1.165) is 4.88 Å². The Balaban J connectivity index is 1.98. The molecule has 88 valence electrons. The summed E-state index contributed by atoms with van der Waals surface area (Å²) >= 11 is 1.63. The molecule has 0 bridgehead atoms. The van der Waals surface area contributed by atoms with Crippen molar-refractivity contribution in [3.63, 3.8) is 0 Å². The molecule has 0 atom stereocenters. The van der Waals surface area contributed by atoms with Gasteiger partial charge in [-0.25, -0.2) is 5.10 Å². The lowest BCUT2D eigenvalue weighted by atomic mass is 10.3. The fourth-order valence-electron chi connectivity index (χ4n) is 1.31. The van der Waals surface area contributed by atoms with Gasteiger partial charge in [-0.1, -0.05) is 0 Å². The van der Waals surface area contributed by atoms with E-state index >= 15 is 0 Å². The summed E-state index contributed by atoms with van der Waals surface area (Å²) in [6.45, 7) is 2.48. The molecule has 2 aromatic rings. The molecule has 17 heavy (non-hydrogen) atoms. The molecule has 0 saturated carbocycles. The second-order valence-electron chi connectivity index (χ2n) is 3.50. The van der Waals surface area contributed by atoms with Gasteiger partial charge in [-0.05, 0) is 25.1 Å². The molecule has 0 saturated heterocycles. The van der Waals surface area contributed by atoms with E-state index in [1.54, 1.807) is 11.3 Å². The number of carbonyl (C=O) groups excluding carboxylic acids is 1. The summed E-state index contributed by atoms with van der Waals surface area (Å²) < 4.78 is 0. The summed E-state index contributed by atoms with van der Waals surface area (Å²) in [4.78, 5) is 24.7. The minimum absolute atomic E-state index is 0.206. The molecular weight excluding hydrogens is 238 g/mol. The van der Waals surface area contributed by atoms with Crippen molar-refractivity contribution in [2.75, 3.05) is 0 Å². The number of nitrogens with zero attached hydrogens (tertiary/aromatic N) is 1. The van der Waals surface area contributed by atoms with Gasteiger partial charge in [0.15, 0.2) is 0 Å². The predicted molar refractivity (Wildman–Crippen MR) is 65.1 cm³/mol. The molecule has 6 heteroatoms. The van der Waals surface area contributed by atoms with Gasteiger partial charge in [0.05, 0.1) is 6.54 Å². The summed E-state index contributed by atoms with van der Waals surface area (Å²) in [7, 11) is 0. The average molecular weight is 249 g/mol. The molecule has 0 unspecified atom stereocenters. The van der Waals surface area contributed by atoms with Crippen molar-refractivity contribution >= 4 is 17.2 Å². The molecule has 0 aromatic carbocycles. The number of hydrogen-bond acceptors (Lipinski definition) is 4. The van der Waals surface area contributed by atoms with E-state index in [1.807, 2.05) is 19.1 Å². The zero-order valence-corrected chi connectivity index (χ0v) is 10.0. The molecule has 0 aliphatic rings. The Bertz CT molecular complexity index is 568. The van der Waals surface area contributed by atoms with Gasteiger partial charge in [-0.3, -0.25) is 9.59 Å². The number of aromatic amines is 1. The van der Waals surface area contributed by atoms with Crippen LogP contribution in [0.1, 0.15) is 20.2 Å². The summed E-state index contributed by atoms with van der Waals surface area (Å²) in [5, 5.41) is 8.60. The Morgan fingerprint density at radius 1 is 1.41 bits per heavy atom. The SMILES string of the molecule is Cc1ccc(CNC(=O)c2ccc(=O)[nH]n2)s1. The first kappa shape index (κ1) is 11.5. The maximum atomic E-state index is 11.6. The van der Waals surface area contributed by atoms with Crippen molar-refractivity contribution in [2.24, 2.45) is 0 Å². The minimum Gasteiger partial charge on any atom is -0.346 e. The predicted octanol–water partition coefficient (Wildman–Crippen LogP) is 1.07. The number of carbonyl (C=O) groups is 1.